The van der Waals surface area contributed by atoms with Crippen molar-refractivity contribution in [2.45, 2.75) is 26.0 Å². The van der Waals surface area contributed by atoms with Gasteiger partial charge in [0.1, 0.15) is 12.4 Å². The van der Waals surface area contributed by atoms with Gasteiger partial charge in [-0.15, -0.1) is 0 Å². The SMILES string of the molecule is CCC1=C(C(=O)OC)[C@H](c2ccccc2)n2c(s/c(=C/c3cc(Cl)ccc3OCc3ccc(Br)cc3)c2=O)=N1. The number of thiazole rings is 1. The predicted molar refractivity (Wildman–Crippen MR) is 157 cm³/mol. The maximum Gasteiger partial charge on any atom is 0.338 e. The number of aromatic nitrogens is 1. The lowest BCUT2D eigenvalue weighted by molar-refractivity contribution is -0.136. The average Bonchev–Trinajstić information content (AvgIpc) is 3.26. The Hall–Kier alpha value is -3.46. The third-order valence-corrected chi connectivity index (χ3v) is 8.08. The minimum Gasteiger partial charge on any atom is -0.488 e. The smallest absolute Gasteiger partial charge is 0.338 e. The van der Waals surface area contributed by atoms with Crippen LogP contribution < -0.4 is 19.6 Å². The molecule has 5 rings (SSSR count). The molecular formula is C30H24BrClN2O4S. The van der Waals surface area contributed by atoms with Crippen molar-refractivity contribution < 1.29 is 14.3 Å². The summed E-state index contributed by atoms with van der Waals surface area (Å²) in [4.78, 5) is 32.1. The molecule has 1 aliphatic rings. The Morgan fingerprint density at radius 1 is 1.13 bits per heavy atom. The number of hydrogen-bond donors (Lipinski definition) is 0. The Morgan fingerprint density at radius 2 is 1.87 bits per heavy atom. The van der Waals surface area contributed by atoms with E-state index >= 15 is 0 Å². The van der Waals surface area contributed by atoms with Crippen LogP contribution in [0.2, 0.25) is 5.02 Å². The highest BCUT2D eigenvalue weighted by molar-refractivity contribution is 9.10. The molecule has 9 heteroatoms. The van der Waals surface area contributed by atoms with Crippen molar-refractivity contribution >= 4 is 50.9 Å². The average molecular weight is 624 g/mol. The summed E-state index contributed by atoms with van der Waals surface area (Å²) >= 11 is 11.0. The first-order valence-electron chi connectivity index (χ1n) is 12.2. The van der Waals surface area contributed by atoms with Crippen molar-refractivity contribution in [2.24, 2.45) is 4.99 Å². The van der Waals surface area contributed by atoms with Crippen molar-refractivity contribution in [3.63, 3.8) is 0 Å². The quantitative estimate of drug-likeness (QED) is 0.244. The normalized spacial score (nSPS) is 15.1. The third-order valence-electron chi connectivity index (χ3n) is 6.33. The topological polar surface area (TPSA) is 69.9 Å². The number of benzene rings is 3. The van der Waals surface area contributed by atoms with Crippen LogP contribution in [0, 0.1) is 0 Å². The molecule has 2 heterocycles. The van der Waals surface area contributed by atoms with Gasteiger partial charge in [0, 0.05) is 15.1 Å². The van der Waals surface area contributed by atoms with E-state index in [9.17, 15) is 9.59 Å². The van der Waals surface area contributed by atoms with Crippen molar-refractivity contribution in [1.82, 2.24) is 4.57 Å². The summed E-state index contributed by atoms with van der Waals surface area (Å²) in [6.07, 6.45) is 2.28. The fraction of sp³-hybridized carbons (Fsp3) is 0.167. The zero-order chi connectivity index (χ0) is 27.5. The van der Waals surface area contributed by atoms with Gasteiger partial charge in [-0.1, -0.05) is 88.3 Å². The first-order chi connectivity index (χ1) is 18.9. The van der Waals surface area contributed by atoms with E-state index in [4.69, 9.17) is 26.1 Å². The van der Waals surface area contributed by atoms with Gasteiger partial charge in [-0.05, 0) is 54.0 Å². The summed E-state index contributed by atoms with van der Waals surface area (Å²) in [6.45, 7) is 2.28. The Bertz CT molecular complexity index is 1740. The Balaban J connectivity index is 1.63. The van der Waals surface area contributed by atoms with Crippen molar-refractivity contribution in [1.29, 1.82) is 0 Å². The lowest BCUT2D eigenvalue weighted by Crippen LogP contribution is -2.40. The highest BCUT2D eigenvalue weighted by Gasteiger charge is 2.33. The summed E-state index contributed by atoms with van der Waals surface area (Å²) in [7, 11) is 1.34. The van der Waals surface area contributed by atoms with Gasteiger partial charge < -0.3 is 9.47 Å². The third kappa shape index (κ3) is 5.64. The fourth-order valence-corrected chi connectivity index (χ4v) is 5.92. The van der Waals surface area contributed by atoms with Gasteiger partial charge in [-0.3, -0.25) is 9.36 Å². The maximum atomic E-state index is 13.9. The Morgan fingerprint density at radius 3 is 2.56 bits per heavy atom. The monoisotopic (exact) mass is 622 g/mol. The van der Waals surface area contributed by atoms with Gasteiger partial charge in [-0.25, -0.2) is 9.79 Å². The molecule has 0 spiro atoms. The molecule has 3 aromatic carbocycles. The van der Waals surface area contributed by atoms with Crippen LogP contribution in [0.3, 0.4) is 0 Å². The molecule has 39 heavy (non-hydrogen) atoms. The molecule has 0 saturated heterocycles. The molecule has 1 atom stereocenters. The Kier molecular flexibility index (Phi) is 8.16. The second-order valence-corrected chi connectivity index (χ2v) is 11.2. The fourth-order valence-electron chi connectivity index (χ4n) is 4.46. The molecule has 198 valence electrons. The number of rotatable bonds is 7. The van der Waals surface area contributed by atoms with E-state index < -0.39 is 12.0 Å². The molecule has 0 N–H and O–H groups in total. The lowest BCUT2D eigenvalue weighted by atomic mass is 9.95. The van der Waals surface area contributed by atoms with E-state index in [1.54, 1.807) is 28.8 Å². The highest BCUT2D eigenvalue weighted by Crippen LogP contribution is 2.32. The molecule has 0 aliphatic carbocycles. The molecule has 0 bridgehead atoms. The van der Waals surface area contributed by atoms with Crippen LogP contribution in [0.25, 0.3) is 6.08 Å². The van der Waals surface area contributed by atoms with Crippen LogP contribution in [0.1, 0.15) is 36.1 Å². The van der Waals surface area contributed by atoms with Gasteiger partial charge in [0.15, 0.2) is 4.80 Å². The van der Waals surface area contributed by atoms with Crippen LogP contribution in [0.5, 0.6) is 5.75 Å². The summed E-state index contributed by atoms with van der Waals surface area (Å²) in [5, 5.41) is 0.522. The van der Waals surface area contributed by atoms with Crippen LogP contribution in [0.15, 0.2) is 98.3 Å². The molecule has 0 amide bonds. The second-order valence-electron chi connectivity index (χ2n) is 8.80. The standard InChI is InChI=1S/C30H24BrClN2O4S/c1-3-23-26(29(36)37-2)27(19-7-5-4-6-8-19)34-28(35)25(39-30(34)33-23)16-20-15-22(32)13-14-24(20)38-17-18-9-11-21(31)12-10-18/h4-16,27H,3,17H2,1-2H3/b25-16+/t27-/m0/s1. The number of halogens is 2. The molecule has 0 radical (unpaired) electrons. The minimum atomic E-state index is -0.653. The molecule has 1 aromatic heterocycles. The zero-order valence-corrected chi connectivity index (χ0v) is 24.3. The number of ether oxygens (including phenoxy) is 2. The number of hydrogen-bond acceptors (Lipinski definition) is 6. The largest absolute Gasteiger partial charge is 0.488 e. The number of methoxy groups -OCH3 is 1. The van der Waals surface area contributed by atoms with Crippen molar-refractivity contribution in [3.8, 4) is 5.75 Å². The molecule has 0 saturated carbocycles. The number of allylic oxidation sites excluding steroid dienone is 1. The molecule has 0 unspecified atom stereocenters. The number of carbonyl (C=O) groups excluding carboxylic acids is 1. The summed E-state index contributed by atoms with van der Waals surface area (Å²) < 4.78 is 14.3. The van der Waals surface area contributed by atoms with Gasteiger partial charge in [-0.2, -0.15) is 0 Å². The van der Waals surface area contributed by atoms with Gasteiger partial charge in [0.2, 0.25) is 0 Å². The first kappa shape index (κ1) is 27.1. The molecule has 0 fully saturated rings. The molecule has 4 aromatic rings. The van der Waals surface area contributed by atoms with E-state index in [1.807, 2.05) is 61.5 Å². The minimum absolute atomic E-state index is 0.261. The van der Waals surface area contributed by atoms with Crippen LogP contribution in [0.4, 0.5) is 0 Å². The zero-order valence-electron chi connectivity index (χ0n) is 21.2. The second kappa shape index (κ2) is 11.7. The summed E-state index contributed by atoms with van der Waals surface area (Å²) in [5.74, 6) is 0.0921. The first-order valence-corrected chi connectivity index (χ1v) is 14.2. The van der Waals surface area contributed by atoms with Crippen molar-refractivity contribution in [2.75, 3.05) is 7.11 Å². The predicted octanol–water partition coefficient (Wildman–Crippen LogP) is 5.79. The van der Waals surface area contributed by atoms with E-state index in [-0.39, 0.29) is 5.56 Å². The van der Waals surface area contributed by atoms with Gasteiger partial charge >= 0.3 is 5.97 Å². The van der Waals surface area contributed by atoms with E-state index in [1.165, 1.54) is 18.4 Å². The van der Waals surface area contributed by atoms with Crippen LogP contribution in [-0.4, -0.2) is 17.6 Å². The van der Waals surface area contributed by atoms with Gasteiger partial charge in [0.25, 0.3) is 5.56 Å². The van der Waals surface area contributed by atoms with Gasteiger partial charge in [0.05, 0.1) is 29.0 Å². The maximum absolute atomic E-state index is 13.9. The number of carbonyl (C=O) groups is 1. The van der Waals surface area contributed by atoms with E-state index in [0.29, 0.717) is 50.0 Å². The summed E-state index contributed by atoms with van der Waals surface area (Å²) in [6, 6.07) is 22.0. The van der Waals surface area contributed by atoms with E-state index in [2.05, 4.69) is 15.9 Å². The van der Waals surface area contributed by atoms with Crippen LogP contribution in [-0.2, 0) is 16.1 Å². The highest BCUT2D eigenvalue weighted by atomic mass is 79.9. The number of nitrogens with zero attached hydrogens (tertiary/aromatic N) is 2. The van der Waals surface area contributed by atoms with Crippen molar-refractivity contribution in [3.05, 3.63) is 130 Å². The van der Waals surface area contributed by atoms with Crippen LogP contribution >= 0.6 is 38.9 Å². The Labute approximate surface area is 242 Å². The molecule has 6 nitrogen and oxygen atoms in total. The summed E-state index contributed by atoms with van der Waals surface area (Å²) in [5.41, 5.74) is 3.18. The number of fused-ring (bicyclic) bond motifs is 1. The molecule has 1 aliphatic heterocycles. The number of esters is 1. The van der Waals surface area contributed by atoms with E-state index in [0.717, 1.165) is 15.6 Å². The molecular weight excluding hydrogens is 600 g/mol. The lowest BCUT2D eigenvalue weighted by Gasteiger charge is -2.25.